The second kappa shape index (κ2) is 5.15. The molecule has 0 saturated heterocycles. The molecule has 1 atom stereocenters. The maximum atomic E-state index is 10.4. The molecule has 0 aliphatic heterocycles. The predicted molar refractivity (Wildman–Crippen MR) is 63.9 cm³/mol. The summed E-state index contributed by atoms with van der Waals surface area (Å²) in [6.07, 6.45) is 6.27. The Bertz CT molecular complexity index is 371. The number of carbonyl (C=O) groups excluding carboxylic acids is 1. The Morgan fingerprint density at radius 3 is 2.81 bits per heavy atom. The van der Waals surface area contributed by atoms with Gasteiger partial charge in [0.05, 0.1) is 0 Å². The maximum absolute atomic E-state index is 10.4. The molecule has 1 aliphatic rings. The predicted octanol–water partition coefficient (Wildman–Crippen LogP) is 2.92. The van der Waals surface area contributed by atoms with Crippen LogP contribution in [-0.2, 0) is 17.6 Å². The number of ether oxygens (including phenoxy) is 1. The van der Waals surface area contributed by atoms with Crippen LogP contribution in [-0.4, -0.2) is 12.4 Å². The molecule has 0 aromatic heterocycles. The number of fused-ring (bicyclic) bond motifs is 1. The Labute approximate surface area is 96.6 Å². The van der Waals surface area contributed by atoms with Gasteiger partial charge in [-0.1, -0.05) is 6.07 Å². The van der Waals surface area contributed by atoms with Crippen molar-refractivity contribution >= 4 is 6.29 Å². The molecule has 0 N–H and O–H groups in total. The van der Waals surface area contributed by atoms with E-state index in [0.717, 1.165) is 18.5 Å². The third-order valence-electron chi connectivity index (χ3n) is 3.09. The van der Waals surface area contributed by atoms with Crippen molar-refractivity contribution in [3.8, 4) is 5.75 Å². The summed E-state index contributed by atoms with van der Waals surface area (Å²) in [5.41, 5.74) is 2.88. The first kappa shape index (κ1) is 11.2. The number of carbonyl (C=O) groups is 1. The third-order valence-corrected chi connectivity index (χ3v) is 3.09. The summed E-state index contributed by atoms with van der Waals surface area (Å²) in [5.74, 6) is 0.898. The summed E-state index contributed by atoms with van der Waals surface area (Å²) in [7, 11) is 0. The van der Waals surface area contributed by atoms with Crippen molar-refractivity contribution in [3.63, 3.8) is 0 Å². The molecule has 0 amide bonds. The highest BCUT2D eigenvalue weighted by Gasteiger charge is 2.11. The number of benzene rings is 1. The van der Waals surface area contributed by atoms with Crippen LogP contribution in [0, 0.1) is 0 Å². The molecule has 1 aromatic carbocycles. The van der Waals surface area contributed by atoms with E-state index in [1.165, 1.54) is 30.4 Å². The van der Waals surface area contributed by atoms with Crippen molar-refractivity contribution in [3.05, 3.63) is 29.3 Å². The molecule has 16 heavy (non-hydrogen) atoms. The van der Waals surface area contributed by atoms with Gasteiger partial charge < -0.3 is 9.53 Å². The van der Waals surface area contributed by atoms with E-state index in [9.17, 15) is 4.79 Å². The van der Waals surface area contributed by atoms with Crippen LogP contribution in [0.4, 0.5) is 0 Å². The molecule has 1 aliphatic carbocycles. The fraction of sp³-hybridized carbons (Fsp3) is 0.500. The molecule has 1 unspecified atom stereocenters. The standard InChI is InChI=1S/C14H18O2/c1-11(8-9-15)16-14-7-6-12-4-2-3-5-13(12)10-14/h6-7,9-11H,2-5,8H2,1H3. The Morgan fingerprint density at radius 2 is 2.06 bits per heavy atom. The second-order valence-corrected chi connectivity index (χ2v) is 4.47. The summed E-state index contributed by atoms with van der Waals surface area (Å²) >= 11 is 0. The molecule has 0 spiro atoms. The van der Waals surface area contributed by atoms with Crippen LogP contribution in [0.1, 0.15) is 37.3 Å². The van der Waals surface area contributed by atoms with Crippen molar-refractivity contribution in [2.75, 3.05) is 0 Å². The Morgan fingerprint density at radius 1 is 1.31 bits per heavy atom. The van der Waals surface area contributed by atoms with E-state index in [2.05, 4.69) is 12.1 Å². The highest BCUT2D eigenvalue weighted by Crippen LogP contribution is 2.25. The normalized spacial score (nSPS) is 16.3. The van der Waals surface area contributed by atoms with E-state index in [4.69, 9.17) is 4.74 Å². The van der Waals surface area contributed by atoms with Crippen LogP contribution in [0.5, 0.6) is 5.75 Å². The maximum Gasteiger partial charge on any atom is 0.123 e. The van der Waals surface area contributed by atoms with Gasteiger partial charge in [-0.3, -0.25) is 0 Å². The number of aldehydes is 1. The van der Waals surface area contributed by atoms with Crippen LogP contribution in [0.3, 0.4) is 0 Å². The van der Waals surface area contributed by atoms with Gasteiger partial charge in [0.1, 0.15) is 18.1 Å². The first-order valence-corrected chi connectivity index (χ1v) is 6.01. The highest BCUT2D eigenvalue weighted by molar-refractivity contribution is 5.50. The van der Waals surface area contributed by atoms with Crippen LogP contribution in [0.15, 0.2) is 18.2 Å². The van der Waals surface area contributed by atoms with E-state index in [-0.39, 0.29) is 6.10 Å². The van der Waals surface area contributed by atoms with Crippen LogP contribution in [0.2, 0.25) is 0 Å². The highest BCUT2D eigenvalue weighted by atomic mass is 16.5. The van der Waals surface area contributed by atoms with E-state index in [1.807, 2.05) is 13.0 Å². The monoisotopic (exact) mass is 218 g/mol. The smallest absolute Gasteiger partial charge is 0.123 e. The first-order chi connectivity index (χ1) is 7.79. The van der Waals surface area contributed by atoms with Crippen molar-refractivity contribution in [1.29, 1.82) is 0 Å². The molecule has 0 bridgehead atoms. The molecule has 0 radical (unpaired) electrons. The summed E-state index contributed by atoms with van der Waals surface area (Å²) in [5, 5.41) is 0. The fourth-order valence-corrected chi connectivity index (χ4v) is 2.20. The largest absolute Gasteiger partial charge is 0.490 e. The topological polar surface area (TPSA) is 26.3 Å². The third kappa shape index (κ3) is 2.63. The molecular formula is C14H18O2. The van der Waals surface area contributed by atoms with Crippen molar-refractivity contribution in [2.45, 2.75) is 45.1 Å². The molecule has 0 heterocycles. The summed E-state index contributed by atoms with van der Waals surface area (Å²) in [6, 6.07) is 6.32. The molecular weight excluding hydrogens is 200 g/mol. The lowest BCUT2D eigenvalue weighted by Gasteiger charge is -2.18. The summed E-state index contributed by atoms with van der Waals surface area (Å²) in [6.45, 7) is 1.92. The van der Waals surface area contributed by atoms with E-state index in [0.29, 0.717) is 6.42 Å². The zero-order valence-corrected chi connectivity index (χ0v) is 9.74. The fourth-order valence-electron chi connectivity index (χ4n) is 2.20. The molecule has 2 heteroatoms. The van der Waals surface area contributed by atoms with E-state index >= 15 is 0 Å². The van der Waals surface area contributed by atoms with E-state index < -0.39 is 0 Å². The van der Waals surface area contributed by atoms with Gasteiger partial charge in [-0.05, 0) is 55.9 Å². The van der Waals surface area contributed by atoms with Gasteiger partial charge in [-0.2, -0.15) is 0 Å². The number of hydrogen-bond donors (Lipinski definition) is 0. The minimum Gasteiger partial charge on any atom is -0.490 e. The lowest BCUT2D eigenvalue weighted by atomic mass is 9.92. The SMILES string of the molecule is CC(CC=O)Oc1ccc2c(c1)CCCC2. The van der Waals surface area contributed by atoms with Crippen molar-refractivity contribution in [1.82, 2.24) is 0 Å². The van der Waals surface area contributed by atoms with Gasteiger partial charge in [0.2, 0.25) is 0 Å². The molecule has 2 nitrogen and oxygen atoms in total. The number of aryl methyl sites for hydroxylation is 2. The molecule has 1 aromatic rings. The molecule has 0 fully saturated rings. The van der Waals surface area contributed by atoms with E-state index in [1.54, 1.807) is 0 Å². The zero-order chi connectivity index (χ0) is 11.4. The molecule has 2 rings (SSSR count). The van der Waals surface area contributed by atoms with Crippen LogP contribution >= 0.6 is 0 Å². The summed E-state index contributed by atoms with van der Waals surface area (Å²) in [4.78, 5) is 10.4. The van der Waals surface area contributed by atoms with Gasteiger partial charge in [0.25, 0.3) is 0 Å². The Hall–Kier alpha value is -1.31. The second-order valence-electron chi connectivity index (χ2n) is 4.47. The van der Waals surface area contributed by atoms with Gasteiger partial charge >= 0.3 is 0 Å². The first-order valence-electron chi connectivity index (χ1n) is 6.01. The van der Waals surface area contributed by atoms with Crippen LogP contribution < -0.4 is 4.74 Å². The van der Waals surface area contributed by atoms with Gasteiger partial charge in [-0.15, -0.1) is 0 Å². The van der Waals surface area contributed by atoms with Gasteiger partial charge in [0.15, 0.2) is 0 Å². The zero-order valence-electron chi connectivity index (χ0n) is 9.74. The Balaban J connectivity index is 2.08. The quantitative estimate of drug-likeness (QED) is 0.726. The average molecular weight is 218 g/mol. The van der Waals surface area contributed by atoms with Gasteiger partial charge in [-0.25, -0.2) is 0 Å². The minimum absolute atomic E-state index is 0.0286. The average Bonchev–Trinajstić information content (AvgIpc) is 2.29. The lowest BCUT2D eigenvalue weighted by Crippen LogP contribution is -2.12. The number of rotatable bonds is 4. The number of hydrogen-bond acceptors (Lipinski definition) is 2. The lowest BCUT2D eigenvalue weighted by molar-refractivity contribution is -0.109. The molecule has 0 saturated carbocycles. The van der Waals surface area contributed by atoms with Gasteiger partial charge in [0, 0.05) is 6.42 Å². The van der Waals surface area contributed by atoms with Crippen molar-refractivity contribution in [2.24, 2.45) is 0 Å². The van der Waals surface area contributed by atoms with Crippen LogP contribution in [0.25, 0.3) is 0 Å². The molecule has 86 valence electrons. The summed E-state index contributed by atoms with van der Waals surface area (Å²) < 4.78 is 5.69. The Kier molecular flexibility index (Phi) is 3.60. The minimum atomic E-state index is -0.0286. The van der Waals surface area contributed by atoms with Crippen molar-refractivity contribution < 1.29 is 9.53 Å².